The third-order valence-corrected chi connectivity index (χ3v) is 15.7. The zero-order valence-electron chi connectivity index (χ0n) is 51.2. The van der Waals surface area contributed by atoms with Crippen LogP contribution < -0.4 is 5.73 Å². The van der Waals surface area contributed by atoms with Gasteiger partial charge in [0.05, 0.1) is 13.2 Å². The lowest BCUT2D eigenvalue weighted by Gasteiger charge is -2.19. The van der Waals surface area contributed by atoms with Crippen LogP contribution in [0.2, 0.25) is 0 Å². The SMILES string of the molecule is CC/C=C\C/C=C\C/C=C\C/C=C\C/C=C\CCCCCCCCCCCCCCCC(=O)OC(COC(=O)CCCCCCCCCCCCCCCCCCCCCCCCCCCCCC)COP(=O)(O)OCCN. The molecule has 0 spiro atoms. The van der Waals surface area contributed by atoms with Crippen LogP contribution in [-0.2, 0) is 32.7 Å². The van der Waals surface area contributed by atoms with E-state index in [1.807, 2.05) is 0 Å². The van der Waals surface area contributed by atoms with Crippen molar-refractivity contribution in [3.8, 4) is 0 Å². The Morgan fingerprint density at radius 1 is 0.397 bits per heavy atom. The fourth-order valence-corrected chi connectivity index (χ4v) is 10.6. The van der Waals surface area contributed by atoms with Gasteiger partial charge in [-0.15, -0.1) is 0 Å². The molecule has 0 aliphatic heterocycles. The number of hydrogen-bond acceptors (Lipinski definition) is 8. The molecular weight excluding hydrogens is 990 g/mol. The van der Waals surface area contributed by atoms with Gasteiger partial charge >= 0.3 is 19.8 Å². The molecule has 10 heteroatoms. The summed E-state index contributed by atoms with van der Waals surface area (Å²) in [6.07, 6.45) is 81.6. The first-order valence-corrected chi connectivity index (χ1v) is 34.8. The minimum atomic E-state index is -4.39. The Labute approximate surface area is 482 Å². The lowest BCUT2D eigenvalue weighted by atomic mass is 10.0. The molecule has 2 atom stereocenters. The largest absolute Gasteiger partial charge is 0.472 e. The molecule has 0 aromatic carbocycles. The van der Waals surface area contributed by atoms with Crippen molar-refractivity contribution in [3.05, 3.63) is 60.8 Å². The summed E-state index contributed by atoms with van der Waals surface area (Å²) >= 11 is 0. The van der Waals surface area contributed by atoms with E-state index in [2.05, 4.69) is 74.6 Å². The van der Waals surface area contributed by atoms with Crippen molar-refractivity contribution < 1.29 is 37.6 Å². The summed E-state index contributed by atoms with van der Waals surface area (Å²) < 4.78 is 33.2. The number of carbonyl (C=O) groups is 2. The average Bonchev–Trinajstić information content (AvgIpc) is 3.43. The van der Waals surface area contributed by atoms with Crippen molar-refractivity contribution in [2.45, 2.75) is 335 Å². The van der Waals surface area contributed by atoms with Crippen molar-refractivity contribution in [1.82, 2.24) is 0 Å². The molecule has 3 N–H and O–H groups in total. The first-order valence-electron chi connectivity index (χ1n) is 33.3. The van der Waals surface area contributed by atoms with Gasteiger partial charge in [-0.3, -0.25) is 18.6 Å². The van der Waals surface area contributed by atoms with Crippen molar-refractivity contribution in [2.75, 3.05) is 26.4 Å². The maximum Gasteiger partial charge on any atom is 0.472 e. The van der Waals surface area contributed by atoms with Crippen molar-refractivity contribution in [2.24, 2.45) is 5.73 Å². The number of carbonyl (C=O) groups excluding carboxylic acids is 2. The molecule has 0 aliphatic rings. The van der Waals surface area contributed by atoms with E-state index in [9.17, 15) is 19.0 Å². The highest BCUT2D eigenvalue weighted by atomic mass is 31.2. The standard InChI is InChI=1S/C68H126NO8P/c1-3-5-7-9-11-13-15-17-19-21-23-25-27-29-31-33-35-37-39-41-43-45-47-49-51-53-55-57-59-61-68(71)77-66(65-76-78(72,73)75-63-62-69)64-74-67(70)60-58-56-54-52-50-48-46-44-42-40-38-36-34-32-30-28-26-24-22-20-18-16-14-12-10-8-6-4-2/h5,7,11,13,17,19,23,25,29,31,66H,3-4,6,8-10,12,14-16,18,20-22,24,26-28,30,32-65,69H2,1-2H3,(H,72,73)/b7-5-,13-11-,19-17-,25-23-,31-29-. The van der Waals surface area contributed by atoms with Crippen LogP contribution in [0.25, 0.3) is 0 Å². The number of ether oxygens (including phenoxy) is 2. The first kappa shape index (κ1) is 75.7. The second-order valence-corrected chi connectivity index (χ2v) is 23.8. The maximum absolute atomic E-state index is 12.7. The van der Waals surface area contributed by atoms with E-state index in [1.165, 1.54) is 225 Å². The second kappa shape index (κ2) is 63.9. The van der Waals surface area contributed by atoms with E-state index in [4.69, 9.17) is 24.3 Å². The second-order valence-electron chi connectivity index (χ2n) is 22.3. The van der Waals surface area contributed by atoms with E-state index >= 15 is 0 Å². The molecule has 9 nitrogen and oxygen atoms in total. The molecule has 0 saturated heterocycles. The quantitative estimate of drug-likeness (QED) is 0.0264. The molecule has 0 fully saturated rings. The topological polar surface area (TPSA) is 134 Å². The summed E-state index contributed by atoms with van der Waals surface area (Å²) in [5.74, 6) is -0.814. The summed E-state index contributed by atoms with van der Waals surface area (Å²) in [6, 6.07) is 0. The van der Waals surface area contributed by atoms with E-state index < -0.39 is 26.5 Å². The van der Waals surface area contributed by atoms with Gasteiger partial charge in [-0.25, -0.2) is 4.57 Å². The Hall–Kier alpha value is -2.29. The third-order valence-electron chi connectivity index (χ3n) is 14.7. The van der Waals surface area contributed by atoms with Crippen molar-refractivity contribution in [1.29, 1.82) is 0 Å². The van der Waals surface area contributed by atoms with Crippen LogP contribution in [0.4, 0.5) is 0 Å². The zero-order valence-corrected chi connectivity index (χ0v) is 52.1. The molecule has 456 valence electrons. The average molecular weight is 1120 g/mol. The fraction of sp³-hybridized carbons (Fsp3) is 0.824. The number of phosphoric ester groups is 1. The molecule has 0 saturated carbocycles. The number of unbranched alkanes of at least 4 members (excludes halogenated alkanes) is 40. The van der Waals surface area contributed by atoms with Gasteiger partial charge in [0.2, 0.25) is 0 Å². The Morgan fingerprint density at radius 3 is 1.05 bits per heavy atom. The van der Waals surface area contributed by atoms with Crippen LogP contribution in [0.3, 0.4) is 0 Å². The van der Waals surface area contributed by atoms with Crippen LogP contribution in [0.15, 0.2) is 60.8 Å². The van der Waals surface area contributed by atoms with Gasteiger partial charge in [0.1, 0.15) is 6.61 Å². The molecular formula is C68H126NO8P. The summed E-state index contributed by atoms with van der Waals surface area (Å²) in [4.78, 5) is 35.3. The van der Waals surface area contributed by atoms with Gasteiger partial charge in [-0.05, 0) is 57.8 Å². The predicted molar refractivity (Wildman–Crippen MR) is 335 cm³/mol. The Balaban J connectivity index is 3.88. The van der Waals surface area contributed by atoms with E-state index in [-0.39, 0.29) is 38.6 Å². The molecule has 0 bridgehead atoms. The Morgan fingerprint density at radius 2 is 0.705 bits per heavy atom. The Kier molecular flexibility index (Phi) is 62.0. The summed E-state index contributed by atoms with van der Waals surface area (Å²) in [6.45, 7) is 3.69. The van der Waals surface area contributed by atoms with Crippen molar-refractivity contribution in [3.63, 3.8) is 0 Å². The summed E-state index contributed by atoms with van der Waals surface area (Å²) in [5, 5.41) is 0. The van der Waals surface area contributed by atoms with Crippen LogP contribution in [0, 0.1) is 0 Å². The molecule has 0 aromatic heterocycles. The molecule has 0 aliphatic carbocycles. The van der Waals surface area contributed by atoms with Crippen LogP contribution in [0.1, 0.15) is 328 Å². The molecule has 0 aromatic rings. The lowest BCUT2D eigenvalue weighted by molar-refractivity contribution is -0.161. The number of nitrogens with two attached hydrogens (primary N) is 1. The molecule has 78 heavy (non-hydrogen) atoms. The van der Waals surface area contributed by atoms with E-state index in [1.54, 1.807) is 0 Å². The number of rotatable bonds is 63. The molecule has 2 unspecified atom stereocenters. The number of hydrogen-bond donors (Lipinski definition) is 2. The smallest absolute Gasteiger partial charge is 0.462 e. The molecule has 0 rings (SSSR count). The first-order chi connectivity index (χ1) is 38.3. The highest BCUT2D eigenvalue weighted by molar-refractivity contribution is 7.47. The highest BCUT2D eigenvalue weighted by Gasteiger charge is 2.26. The minimum Gasteiger partial charge on any atom is -0.462 e. The minimum absolute atomic E-state index is 0.0535. The zero-order chi connectivity index (χ0) is 56.6. The summed E-state index contributed by atoms with van der Waals surface area (Å²) in [5.41, 5.74) is 5.40. The van der Waals surface area contributed by atoms with Gasteiger partial charge < -0.3 is 20.1 Å². The molecule has 0 heterocycles. The number of esters is 2. The van der Waals surface area contributed by atoms with Crippen LogP contribution in [0.5, 0.6) is 0 Å². The van der Waals surface area contributed by atoms with E-state index in [0.29, 0.717) is 6.42 Å². The van der Waals surface area contributed by atoms with Gasteiger partial charge in [0.15, 0.2) is 6.10 Å². The van der Waals surface area contributed by atoms with Gasteiger partial charge in [0, 0.05) is 19.4 Å². The monoisotopic (exact) mass is 1120 g/mol. The molecule has 0 radical (unpaired) electrons. The summed E-state index contributed by atoms with van der Waals surface area (Å²) in [7, 11) is -4.39. The fourth-order valence-electron chi connectivity index (χ4n) is 9.79. The third kappa shape index (κ3) is 62.9. The van der Waals surface area contributed by atoms with Gasteiger partial charge in [-0.1, -0.05) is 319 Å². The van der Waals surface area contributed by atoms with Crippen LogP contribution >= 0.6 is 7.82 Å². The highest BCUT2D eigenvalue weighted by Crippen LogP contribution is 2.43. The predicted octanol–water partition coefficient (Wildman–Crippen LogP) is 21.5. The number of allylic oxidation sites excluding steroid dienone is 10. The van der Waals surface area contributed by atoms with Gasteiger partial charge in [-0.2, -0.15) is 0 Å². The Bertz CT molecular complexity index is 1460. The normalized spacial score (nSPS) is 13.3. The maximum atomic E-state index is 12.7. The molecule has 0 amide bonds. The van der Waals surface area contributed by atoms with E-state index in [0.717, 1.165) is 70.6 Å². The lowest BCUT2D eigenvalue weighted by Crippen LogP contribution is -2.29. The van der Waals surface area contributed by atoms with Crippen molar-refractivity contribution >= 4 is 19.8 Å². The van der Waals surface area contributed by atoms with Gasteiger partial charge in [0.25, 0.3) is 0 Å². The van der Waals surface area contributed by atoms with Crippen LogP contribution in [-0.4, -0.2) is 49.3 Å². The number of phosphoric acid groups is 1.